The lowest BCUT2D eigenvalue weighted by atomic mass is 10.2. The highest BCUT2D eigenvalue weighted by molar-refractivity contribution is 7.12. The second-order valence-corrected chi connectivity index (χ2v) is 6.04. The summed E-state index contributed by atoms with van der Waals surface area (Å²) in [7, 11) is 0. The van der Waals surface area contributed by atoms with Crippen molar-refractivity contribution >= 4 is 23.2 Å². The van der Waals surface area contributed by atoms with E-state index in [0.717, 1.165) is 5.56 Å². The number of nitrogens with one attached hydrogen (secondary N) is 2. The predicted molar refractivity (Wildman–Crippen MR) is 87.1 cm³/mol. The quantitative estimate of drug-likeness (QED) is 0.720. The molecule has 2 amide bonds. The van der Waals surface area contributed by atoms with Gasteiger partial charge in [0.05, 0.1) is 11.5 Å². The number of hydrogen-bond acceptors (Lipinski definition) is 6. The summed E-state index contributed by atoms with van der Waals surface area (Å²) in [6, 6.07) is 7.75. The number of amides is 2. The second kappa shape index (κ2) is 7.33. The first-order valence-corrected chi connectivity index (χ1v) is 8.17. The zero-order valence-electron chi connectivity index (χ0n) is 12.7. The van der Waals surface area contributed by atoms with Crippen LogP contribution in [-0.4, -0.2) is 36.4 Å². The standard InChI is InChI=1S/C16H16N2O5S/c19-8-11(18-16(21)14-2-1-5-24-14)15(20)17-7-10-3-4-12-13(6-10)23-9-22-12/h1-6,11,19H,7-9H2,(H,17,20)(H,18,21)/t11-/m0/s1. The molecule has 1 aromatic heterocycles. The largest absolute Gasteiger partial charge is 0.454 e. The van der Waals surface area contributed by atoms with Crippen molar-refractivity contribution in [2.45, 2.75) is 12.6 Å². The number of hydrogen-bond donors (Lipinski definition) is 3. The predicted octanol–water partition coefficient (Wildman–Crippen LogP) is 0.884. The molecule has 2 heterocycles. The molecule has 0 bridgehead atoms. The monoisotopic (exact) mass is 348 g/mol. The molecular formula is C16H16N2O5S. The second-order valence-electron chi connectivity index (χ2n) is 5.09. The SMILES string of the molecule is O=C(N[C@@H](CO)C(=O)NCc1ccc2c(c1)OCO2)c1cccs1. The van der Waals surface area contributed by atoms with Crippen LogP contribution in [0.15, 0.2) is 35.7 Å². The van der Waals surface area contributed by atoms with Gasteiger partial charge in [-0.05, 0) is 29.1 Å². The molecule has 1 aliphatic rings. The van der Waals surface area contributed by atoms with E-state index in [1.807, 2.05) is 6.07 Å². The summed E-state index contributed by atoms with van der Waals surface area (Å²) < 4.78 is 10.5. The number of aliphatic hydroxyl groups excluding tert-OH is 1. The van der Waals surface area contributed by atoms with Crippen LogP contribution in [0.4, 0.5) is 0 Å². The van der Waals surface area contributed by atoms with Gasteiger partial charge in [-0.3, -0.25) is 9.59 Å². The number of thiophene rings is 1. The van der Waals surface area contributed by atoms with Crippen LogP contribution in [0.25, 0.3) is 0 Å². The Morgan fingerprint density at radius 2 is 2.08 bits per heavy atom. The minimum Gasteiger partial charge on any atom is -0.454 e. The molecule has 7 nitrogen and oxygen atoms in total. The molecule has 1 atom stereocenters. The van der Waals surface area contributed by atoms with Gasteiger partial charge >= 0.3 is 0 Å². The van der Waals surface area contributed by atoms with Gasteiger partial charge in [-0.2, -0.15) is 0 Å². The molecule has 24 heavy (non-hydrogen) atoms. The van der Waals surface area contributed by atoms with Gasteiger partial charge in [0.1, 0.15) is 6.04 Å². The fraction of sp³-hybridized carbons (Fsp3) is 0.250. The third kappa shape index (κ3) is 3.66. The number of fused-ring (bicyclic) bond motifs is 1. The number of benzene rings is 1. The Bertz CT molecular complexity index is 732. The molecule has 2 aromatic rings. The van der Waals surface area contributed by atoms with E-state index in [9.17, 15) is 14.7 Å². The molecule has 0 aliphatic carbocycles. The summed E-state index contributed by atoms with van der Waals surface area (Å²) in [4.78, 5) is 24.6. The van der Waals surface area contributed by atoms with Crippen LogP contribution in [0.3, 0.4) is 0 Å². The third-order valence-corrected chi connectivity index (χ3v) is 4.32. The number of carbonyl (C=O) groups is 2. The summed E-state index contributed by atoms with van der Waals surface area (Å²) in [6.45, 7) is -0.0442. The first-order valence-electron chi connectivity index (χ1n) is 7.29. The van der Waals surface area contributed by atoms with Crippen LogP contribution in [0.2, 0.25) is 0 Å². The fourth-order valence-corrected chi connectivity index (χ4v) is 2.82. The van der Waals surface area contributed by atoms with Gasteiger partial charge in [0.15, 0.2) is 11.5 Å². The van der Waals surface area contributed by atoms with E-state index in [-0.39, 0.29) is 19.2 Å². The van der Waals surface area contributed by atoms with Crippen molar-refractivity contribution in [1.82, 2.24) is 10.6 Å². The van der Waals surface area contributed by atoms with Crippen LogP contribution in [-0.2, 0) is 11.3 Å². The van der Waals surface area contributed by atoms with Crippen molar-refractivity contribution in [2.24, 2.45) is 0 Å². The van der Waals surface area contributed by atoms with Gasteiger partial charge in [-0.25, -0.2) is 0 Å². The van der Waals surface area contributed by atoms with E-state index >= 15 is 0 Å². The van der Waals surface area contributed by atoms with Crippen molar-refractivity contribution in [2.75, 3.05) is 13.4 Å². The Labute approximate surface area is 142 Å². The van der Waals surface area contributed by atoms with E-state index in [2.05, 4.69) is 10.6 Å². The number of carbonyl (C=O) groups excluding carboxylic acids is 2. The summed E-state index contributed by atoms with van der Waals surface area (Å²) in [6.07, 6.45) is 0. The van der Waals surface area contributed by atoms with E-state index in [1.54, 1.807) is 29.6 Å². The molecule has 1 aliphatic heterocycles. The lowest BCUT2D eigenvalue weighted by Crippen LogP contribution is -2.48. The van der Waals surface area contributed by atoms with Crippen LogP contribution in [0.1, 0.15) is 15.2 Å². The molecule has 0 spiro atoms. The average molecular weight is 348 g/mol. The molecule has 0 saturated heterocycles. The summed E-state index contributed by atoms with van der Waals surface area (Å²) >= 11 is 1.27. The fourth-order valence-electron chi connectivity index (χ4n) is 2.19. The van der Waals surface area contributed by atoms with Gasteiger partial charge < -0.3 is 25.2 Å². The number of aliphatic hydroxyl groups is 1. The summed E-state index contributed by atoms with van der Waals surface area (Å²) in [5, 5.41) is 16.3. The highest BCUT2D eigenvalue weighted by Gasteiger charge is 2.21. The normalized spacial score (nSPS) is 13.4. The van der Waals surface area contributed by atoms with Crippen molar-refractivity contribution < 1.29 is 24.2 Å². The number of rotatable bonds is 6. The zero-order valence-corrected chi connectivity index (χ0v) is 13.5. The molecule has 1 aromatic carbocycles. The Morgan fingerprint density at radius 3 is 2.83 bits per heavy atom. The maximum absolute atomic E-state index is 12.1. The molecule has 3 rings (SSSR count). The Balaban J connectivity index is 1.55. The molecule has 0 saturated carbocycles. The molecule has 0 radical (unpaired) electrons. The topological polar surface area (TPSA) is 96.9 Å². The van der Waals surface area contributed by atoms with Crippen molar-refractivity contribution in [3.8, 4) is 11.5 Å². The Hall–Kier alpha value is -2.58. The minimum absolute atomic E-state index is 0.187. The van der Waals surface area contributed by atoms with E-state index in [4.69, 9.17) is 9.47 Å². The van der Waals surface area contributed by atoms with Gasteiger partial charge in [0.2, 0.25) is 12.7 Å². The first-order chi connectivity index (χ1) is 11.7. The van der Waals surface area contributed by atoms with Gasteiger partial charge in [0.25, 0.3) is 5.91 Å². The van der Waals surface area contributed by atoms with E-state index in [1.165, 1.54) is 11.3 Å². The average Bonchev–Trinajstić information content (AvgIpc) is 3.27. The maximum atomic E-state index is 12.1. The van der Waals surface area contributed by atoms with Gasteiger partial charge in [-0.15, -0.1) is 11.3 Å². The lowest BCUT2D eigenvalue weighted by Gasteiger charge is -2.16. The van der Waals surface area contributed by atoms with E-state index < -0.39 is 18.6 Å². The van der Waals surface area contributed by atoms with Crippen molar-refractivity contribution in [3.63, 3.8) is 0 Å². The molecule has 126 valence electrons. The molecule has 3 N–H and O–H groups in total. The lowest BCUT2D eigenvalue weighted by molar-refractivity contribution is -0.124. The first kappa shape index (κ1) is 16.3. The Kier molecular flexibility index (Phi) is 4.97. The van der Waals surface area contributed by atoms with E-state index in [0.29, 0.717) is 16.4 Å². The molecule has 0 unspecified atom stereocenters. The molecular weight excluding hydrogens is 332 g/mol. The van der Waals surface area contributed by atoms with Crippen LogP contribution >= 0.6 is 11.3 Å². The van der Waals surface area contributed by atoms with Crippen LogP contribution in [0, 0.1) is 0 Å². The van der Waals surface area contributed by atoms with Gasteiger partial charge in [-0.1, -0.05) is 12.1 Å². The van der Waals surface area contributed by atoms with Crippen LogP contribution in [0.5, 0.6) is 11.5 Å². The zero-order chi connectivity index (χ0) is 16.9. The number of ether oxygens (including phenoxy) is 2. The smallest absolute Gasteiger partial charge is 0.262 e. The molecule has 0 fully saturated rings. The maximum Gasteiger partial charge on any atom is 0.262 e. The molecule has 8 heteroatoms. The highest BCUT2D eigenvalue weighted by atomic mass is 32.1. The summed E-state index contributed by atoms with van der Waals surface area (Å²) in [5.74, 6) is 0.454. The third-order valence-electron chi connectivity index (χ3n) is 3.45. The highest BCUT2D eigenvalue weighted by Crippen LogP contribution is 2.32. The van der Waals surface area contributed by atoms with Gasteiger partial charge in [0, 0.05) is 6.54 Å². The van der Waals surface area contributed by atoms with Crippen molar-refractivity contribution in [3.05, 3.63) is 46.2 Å². The van der Waals surface area contributed by atoms with Crippen LogP contribution < -0.4 is 20.1 Å². The Morgan fingerprint density at radius 1 is 1.25 bits per heavy atom. The minimum atomic E-state index is -1.01. The van der Waals surface area contributed by atoms with Crippen molar-refractivity contribution in [1.29, 1.82) is 0 Å². The summed E-state index contributed by atoms with van der Waals surface area (Å²) in [5.41, 5.74) is 0.828.